The van der Waals surface area contributed by atoms with Gasteiger partial charge in [0.05, 0.1) is 6.54 Å². The largest absolute Gasteiger partial charge is 0.370 e. The predicted molar refractivity (Wildman–Crippen MR) is 94.4 cm³/mol. The van der Waals surface area contributed by atoms with Gasteiger partial charge < -0.3 is 15.5 Å². The van der Waals surface area contributed by atoms with Crippen molar-refractivity contribution in [3.63, 3.8) is 0 Å². The van der Waals surface area contributed by atoms with Gasteiger partial charge in [0.25, 0.3) is 5.91 Å². The molecule has 2 N–H and O–H groups in total. The van der Waals surface area contributed by atoms with Crippen molar-refractivity contribution in [3.05, 3.63) is 35.4 Å². The third-order valence-corrected chi connectivity index (χ3v) is 4.36. The van der Waals surface area contributed by atoms with E-state index in [2.05, 4.69) is 18.8 Å². The summed E-state index contributed by atoms with van der Waals surface area (Å²) >= 11 is 0. The molecule has 0 radical (unpaired) electrons. The number of hydrogen-bond donors (Lipinski definition) is 1. The number of benzene rings is 1. The third-order valence-electron chi connectivity index (χ3n) is 4.36. The van der Waals surface area contributed by atoms with E-state index < -0.39 is 0 Å². The summed E-state index contributed by atoms with van der Waals surface area (Å²) in [6.45, 7) is 8.14. The van der Waals surface area contributed by atoms with Crippen molar-refractivity contribution in [1.29, 1.82) is 0 Å². The summed E-state index contributed by atoms with van der Waals surface area (Å²) in [4.78, 5) is 20.8. The molecule has 1 saturated heterocycles. The zero-order valence-corrected chi connectivity index (χ0v) is 14.3. The Labute approximate surface area is 139 Å². The fourth-order valence-corrected chi connectivity index (χ4v) is 2.85. The lowest BCUT2D eigenvalue weighted by Gasteiger charge is -2.26. The molecule has 23 heavy (non-hydrogen) atoms. The highest BCUT2D eigenvalue weighted by atomic mass is 16.2. The maximum absolute atomic E-state index is 12.4. The second-order valence-corrected chi connectivity index (χ2v) is 5.90. The topological polar surface area (TPSA) is 61.9 Å². The van der Waals surface area contributed by atoms with E-state index in [1.54, 1.807) is 0 Å². The average molecular weight is 316 g/mol. The van der Waals surface area contributed by atoms with Gasteiger partial charge >= 0.3 is 0 Å². The molecular weight excluding hydrogens is 288 g/mol. The summed E-state index contributed by atoms with van der Waals surface area (Å²) in [7, 11) is 0. The standard InChI is InChI=1S/C18H28N4O/c1-3-21(4-2)18(19)20-14-15-8-10-16(11-9-15)17(23)22-12-6-5-7-13-22/h8-11H,3-7,12-14H2,1-2H3,(H2,19,20). The summed E-state index contributed by atoms with van der Waals surface area (Å²) in [5, 5.41) is 0. The van der Waals surface area contributed by atoms with Gasteiger partial charge in [0.15, 0.2) is 5.96 Å². The number of nitrogens with two attached hydrogens (primary N) is 1. The van der Waals surface area contributed by atoms with Gasteiger partial charge in [-0.3, -0.25) is 4.79 Å². The number of likely N-dealkylation sites (tertiary alicyclic amines) is 1. The van der Waals surface area contributed by atoms with Crippen LogP contribution >= 0.6 is 0 Å². The molecule has 1 fully saturated rings. The van der Waals surface area contributed by atoms with E-state index in [9.17, 15) is 4.79 Å². The highest BCUT2D eigenvalue weighted by molar-refractivity contribution is 5.94. The van der Waals surface area contributed by atoms with Crippen LogP contribution in [0, 0.1) is 0 Å². The van der Waals surface area contributed by atoms with Gasteiger partial charge in [0.1, 0.15) is 0 Å². The molecule has 0 aliphatic carbocycles. The number of amides is 1. The second kappa shape index (κ2) is 8.56. The van der Waals surface area contributed by atoms with Crippen LogP contribution in [0.2, 0.25) is 0 Å². The van der Waals surface area contributed by atoms with Gasteiger partial charge in [-0.15, -0.1) is 0 Å². The molecule has 2 rings (SSSR count). The van der Waals surface area contributed by atoms with Crippen LogP contribution < -0.4 is 5.73 Å². The summed E-state index contributed by atoms with van der Waals surface area (Å²) in [5.41, 5.74) is 7.80. The molecule has 1 aromatic rings. The van der Waals surface area contributed by atoms with E-state index >= 15 is 0 Å². The Morgan fingerprint density at radius 2 is 1.74 bits per heavy atom. The van der Waals surface area contributed by atoms with Crippen molar-refractivity contribution in [2.45, 2.75) is 39.7 Å². The first-order valence-electron chi connectivity index (χ1n) is 8.58. The highest BCUT2D eigenvalue weighted by Crippen LogP contribution is 2.14. The normalized spacial score (nSPS) is 15.6. The Morgan fingerprint density at radius 1 is 1.13 bits per heavy atom. The zero-order valence-electron chi connectivity index (χ0n) is 14.3. The molecule has 0 spiro atoms. The number of rotatable bonds is 5. The van der Waals surface area contributed by atoms with E-state index in [0.717, 1.165) is 50.1 Å². The van der Waals surface area contributed by atoms with Gasteiger partial charge in [0.2, 0.25) is 0 Å². The fraction of sp³-hybridized carbons (Fsp3) is 0.556. The first-order valence-corrected chi connectivity index (χ1v) is 8.58. The Hall–Kier alpha value is -2.04. The monoisotopic (exact) mass is 316 g/mol. The van der Waals surface area contributed by atoms with E-state index in [1.165, 1.54) is 6.42 Å². The number of carbonyl (C=O) groups excluding carboxylic acids is 1. The lowest BCUT2D eigenvalue weighted by molar-refractivity contribution is 0.0724. The minimum Gasteiger partial charge on any atom is -0.370 e. The number of guanidine groups is 1. The van der Waals surface area contributed by atoms with Gasteiger partial charge in [0, 0.05) is 31.7 Å². The number of carbonyl (C=O) groups is 1. The van der Waals surface area contributed by atoms with Crippen molar-refractivity contribution < 1.29 is 4.79 Å². The van der Waals surface area contributed by atoms with E-state index in [4.69, 9.17) is 5.73 Å². The molecule has 126 valence electrons. The molecule has 1 amide bonds. The van der Waals surface area contributed by atoms with Crippen LogP contribution in [-0.2, 0) is 6.54 Å². The lowest BCUT2D eigenvalue weighted by Crippen LogP contribution is -2.37. The Bertz CT molecular complexity index is 528. The SMILES string of the molecule is CCN(CC)C(N)=NCc1ccc(C(=O)N2CCCCC2)cc1. The fourth-order valence-electron chi connectivity index (χ4n) is 2.85. The predicted octanol–water partition coefficient (Wildman–Crippen LogP) is 2.47. The van der Waals surface area contributed by atoms with Crippen molar-refractivity contribution in [2.75, 3.05) is 26.2 Å². The zero-order chi connectivity index (χ0) is 16.7. The van der Waals surface area contributed by atoms with Gasteiger partial charge in [-0.2, -0.15) is 0 Å². The van der Waals surface area contributed by atoms with Crippen LogP contribution in [-0.4, -0.2) is 47.8 Å². The first-order chi connectivity index (χ1) is 11.2. The third kappa shape index (κ3) is 4.71. The van der Waals surface area contributed by atoms with E-state index in [-0.39, 0.29) is 5.91 Å². The first kappa shape index (κ1) is 17.3. The molecule has 0 atom stereocenters. The van der Waals surface area contributed by atoms with Crippen LogP contribution in [0.1, 0.15) is 49.0 Å². The van der Waals surface area contributed by atoms with Gasteiger partial charge in [-0.05, 0) is 50.8 Å². The molecule has 0 aromatic heterocycles. The van der Waals surface area contributed by atoms with Crippen molar-refractivity contribution >= 4 is 11.9 Å². The van der Waals surface area contributed by atoms with Crippen LogP contribution in [0.5, 0.6) is 0 Å². The second-order valence-electron chi connectivity index (χ2n) is 5.90. The number of nitrogens with zero attached hydrogens (tertiary/aromatic N) is 3. The molecule has 5 heteroatoms. The number of aliphatic imine (C=N–C) groups is 1. The minimum absolute atomic E-state index is 0.141. The van der Waals surface area contributed by atoms with Crippen LogP contribution in [0.3, 0.4) is 0 Å². The molecule has 1 aliphatic heterocycles. The Morgan fingerprint density at radius 3 is 2.30 bits per heavy atom. The number of piperidine rings is 1. The Kier molecular flexibility index (Phi) is 6.44. The lowest BCUT2D eigenvalue weighted by atomic mass is 10.1. The molecule has 1 aliphatic rings. The highest BCUT2D eigenvalue weighted by Gasteiger charge is 2.17. The molecule has 0 saturated carbocycles. The smallest absolute Gasteiger partial charge is 0.253 e. The van der Waals surface area contributed by atoms with Crippen molar-refractivity contribution in [2.24, 2.45) is 10.7 Å². The van der Waals surface area contributed by atoms with Crippen LogP contribution in [0.15, 0.2) is 29.3 Å². The number of hydrogen-bond acceptors (Lipinski definition) is 2. The quantitative estimate of drug-likeness (QED) is 0.670. The van der Waals surface area contributed by atoms with E-state index in [1.807, 2.05) is 34.1 Å². The van der Waals surface area contributed by atoms with Crippen LogP contribution in [0.25, 0.3) is 0 Å². The summed E-state index contributed by atoms with van der Waals surface area (Å²) in [6.07, 6.45) is 3.46. The molecular formula is C18H28N4O. The molecule has 5 nitrogen and oxygen atoms in total. The van der Waals surface area contributed by atoms with Crippen LogP contribution in [0.4, 0.5) is 0 Å². The van der Waals surface area contributed by atoms with Gasteiger partial charge in [-0.1, -0.05) is 12.1 Å². The average Bonchev–Trinajstić information content (AvgIpc) is 2.61. The molecule has 0 bridgehead atoms. The maximum Gasteiger partial charge on any atom is 0.253 e. The minimum atomic E-state index is 0.141. The summed E-state index contributed by atoms with van der Waals surface area (Å²) < 4.78 is 0. The van der Waals surface area contributed by atoms with Crippen molar-refractivity contribution in [3.8, 4) is 0 Å². The summed E-state index contributed by atoms with van der Waals surface area (Å²) in [6, 6.07) is 7.73. The maximum atomic E-state index is 12.4. The Balaban J connectivity index is 1.96. The molecule has 1 heterocycles. The molecule has 1 aromatic carbocycles. The van der Waals surface area contributed by atoms with E-state index in [0.29, 0.717) is 12.5 Å². The summed E-state index contributed by atoms with van der Waals surface area (Å²) in [5.74, 6) is 0.714. The molecule has 0 unspecified atom stereocenters. The van der Waals surface area contributed by atoms with Gasteiger partial charge in [-0.25, -0.2) is 4.99 Å². The van der Waals surface area contributed by atoms with Crippen molar-refractivity contribution in [1.82, 2.24) is 9.80 Å².